The van der Waals surface area contributed by atoms with Gasteiger partial charge < -0.3 is 10.5 Å². The fraction of sp³-hybridized carbons (Fsp3) is 0.320. The molecule has 0 aliphatic heterocycles. The predicted octanol–water partition coefficient (Wildman–Crippen LogP) is 6.09. The lowest BCUT2D eigenvalue weighted by atomic mass is 9.87. The average Bonchev–Trinajstić information content (AvgIpc) is 2.74. The zero-order chi connectivity index (χ0) is 20.7. The van der Waals surface area contributed by atoms with Crippen LogP contribution in [0.3, 0.4) is 0 Å². The first-order chi connectivity index (χ1) is 14.0. The molecule has 2 aromatic carbocycles. The van der Waals surface area contributed by atoms with Gasteiger partial charge in [-0.2, -0.15) is 0 Å². The molecule has 2 N–H and O–H groups in total. The van der Waals surface area contributed by atoms with Crippen molar-refractivity contribution in [3.63, 3.8) is 0 Å². The fourth-order valence-electron chi connectivity index (χ4n) is 3.13. The molecular formula is C25H29FN2O. The van der Waals surface area contributed by atoms with Crippen molar-refractivity contribution in [2.45, 2.75) is 33.1 Å². The van der Waals surface area contributed by atoms with Gasteiger partial charge in [-0.25, -0.2) is 9.37 Å². The second-order valence-electron chi connectivity index (χ2n) is 8.13. The van der Waals surface area contributed by atoms with Crippen LogP contribution in [0.1, 0.15) is 33.1 Å². The number of halogens is 1. The molecule has 3 nitrogen and oxygen atoms in total. The lowest BCUT2D eigenvalue weighted by Crippen LogP contribution is -2.23. The van der Waals surface area contributed by atoms with Crippen LogP contribution in [0.5, 0.6) is 5.88 Å². The maximum atomic E-state index is 13.3. The minimum Gasteiger partial charge on any atom is -0.478 e. The highest BCUT2D eigenvalue weighted by atomic mass is 19.1. The number of unbranched alkanes of at least 4 members (excludes halogenated alkanes) is 1. The lowest BCUT2D eigenvalue weighted by Gasteiger charge is -2.21. The minimum absolute atomic E-state index is 0.168. The van der Waals surface area contributed by atoms with Crippen LogP contribution in [-0.4, -0.2) is 18.1 Å². The largest absolute Gasteiger partial charge is 0.478 e. The minimum atomic E-state index is -0.259. The van der Waals surface area contributed by atoms with Crippen molar-refractivity contribution in [2.24, 2.45) is 11.1 Å². The fourth-order valence-corrected chi connectivity index (χ4v) is 3.13. The smallest absolute Gasteiger partial charge is 0.214 e. The monoisotopic (exact) mass is 392 g/mol. The van der Waals surface area contributed by atoms with Gasteiger partial charge in [0, 0.05) is 11.6 Å². The van der Waals surface area contributed by atoms with Crippen molar-refractivity contribution in [1.82, 2.24) is 4.98 Å². The third-order valence-electron chi connectivity index (χ3n) is 5.10. The van der Waals surface area contributed by atoms with Crippen LogP contribution < -0.4 is 10.5 Å². The number of nitrogens with zero attached hydrogens (tertiary/aromatic N) is 1. The van der Waals surface area contributed by atoms with Crippen LogP contribution in [0, 0.1) is 11.2 Å². The number of aromatic nitrogens is 1. The summed E-state index contributed by atoms with van der Waals surface area (Å²) in [5.74, 6) is 0.327. The molecule has 4 heteroatoms. The Hall–Kier alpha value is -2.72. The standard InChI is InChI=1S/C25H29FN2O/c1-25(2,18-27)14-6-7-15-29-24-17-21(19-8-4-3-5-9-19)16-23(28-24)20-10-12-22(26)13-11-20/h3-5,8-13,16-17H,6-7,14-15,18,27H2,1-2H3. The molecule has 152 valence electrons. The summed E-state index contributed by atoms with van der Waals surface area (Å²) in [6.45, 7) is 5.67. The molecule has 3 aromatic rings. The number of rotatable bonds is 9. The summed E-state index contributed by atoms with van der Waals surface area (Å²) in [5.41, 5.74) is 9.72. The Labute approximate surface area is 172 Å². The maximum Gasteiger partial charge on any atom is 0.214 e. The van der Waals surface area contributed by atoms with Gasteiger partial charge in [-0.1, -0.05) is 44.2 Å². The number of benzene rings is 2. The number of hydrogen-bond acceptors (Lipinski definition) is 3. The molecular weight excluding hydrogens is 363 g/mol. The first kappa shape index (κ1) is 21.0. The quantitative estimate of drug-likeness (QED) is 0.448. The zero-order valence-corrected chi connectivity index (χ0v) is 17.2. The van der Waals surface area contributed by atoms with E-state index < -0.39 is 0 Å². The Bertz CT molecular complexity index is 908. The molecule has 0 aliphatic carbocycles. The van der Waals surface area contributed by atoms with Gasteiger partial charge in [-0.15, -0.1) is 0 Å². The van der Waals surface area contributed by atoms with Gasteiger partial charge in [-0.3, -0.25) is 0 Å². The third kappa shape index (κ3) is 6.13. The van der Waals surface area contributed by atoms with Crippen LogP contribution in [0.4, 0.5) is 4.39 Å². The summed E-state index contributed by atoms with van der Waals surface area (Å²) >= 11 is 0. The van der Waals surface area contributed by atoms with Gasteiger partial charge >= 0.3 is 0 Å². The van der Waals surface area contributed by atoms with E-state index in [9.17, 15) is 4.39 Å². The summed E-state index contributed by atoms with van der Waals surface area (Å²) in [4.78, 5) is 4.66. The lowest BCUT2D eigenvalue weighted by molar-refractivity contribution is 0.272. The second kappa shape index (κ2) is 9.66. The Balaban J connectivity index is 1.77. The summed E-state index contributed by atoms with van der Waals surface area (Å²) in [5, 5.41) is 0. The molecule has 0 fully saturated rings. The number of nitrogens with two attached hydrogens (primary N) is 1. The van der Waals surface area contributed by atoms with E-state index in [4.69, 9.17) is 10.5 Å². The van der Waals surface area contributed by atoms with Crippen molar-refractivity contribution in [3.05, 3.63) is 72.5 Å². The zero-order valence-electron chi connectivity index (χ0n) is 17.2. The summed E-state index contributed by atoms with van der Waals surface area (Å²) in [7, 11) is 0. The molecule has 29 heavy (non-hydrogen) atoms. The molecule has 1 aromatic heterocycles. The Morgan fingerprint density at radius 2 is 1.62 bits per heavy atom. The Morgan fingerprint density at radius 1 is 0.897 bits per heavy atom. The van der Waals surface area contributed by atoms with E-state index in [0.29, 0.717) is 19.0 Å². The first-order valence-electron chi connectivity index (χ1n) is 10.1. The molecule has 0 unspecified atom stereocenters. The van der Waals surface area contributed by atoms with Crippen molar-refractivity contribution >= 4 is 0 Å². The first-order valence-corrected chi connectivity index (χ1v) is 10.1. The van der Waals surface area contributed by atoms with Crippen LogP contribution in [0.25, 0.3) is 22.4 Å². The average molecular weight is 393 g/mol. The molecule has 1 heterocycles. The molecule has 0 saturated carbocycles. The summed E-state index contributed by atoms with van der Waals surface area (Å²) in [6.07, 6.45) is 3.09. The Kier molecular flexibility index (Phi) is 6.99. The van der Waals surface area contributed by atoms with Gasteiger partial charge in [0.05, 0.1) is 12.3 Å². The highest BCUT2D eigenvalue weighted by molar-refractivity contribution is 5.71. The van der Waals surface area contributed by atoms with Crippen LogP contribution in [0.2, 0.25) is 0 Å². The van der Waals surface area contributed by atoms with Gasteiger partial charge in [0.2, 0.25) is 5.88 Å². The molecule has 0 bridgehead atoms. The SMILES string of the molecule is CC(C)(CN)CCCCOc1cc(-c2ccccc2)cc(-c2ccc(F)cc2)n1. The summed E-state index contributed by atoms with van der Waals surface area (Å²) < 4.78 is 19.3. The second-order valence-corrected chi connectivity index (χ2v) is 8.13. The van der Waals surface area contributed by atoms with Gasteiger partial charge in [0.15, 0.2) is 0 Å². The number of hydrogen-bond donors (Lipinski definition) is 1. The van der Waals surface area contributed by atoms with Crippen molar-refractivity contribution in [2.75, 3.05) is 13.2 Å². The van der Waals surface area contributed by atoms with Gasteiger partial charge in [0.25, 0.3) is 0 Å². The van der Waals surface area contributed by atoms with E-state index in [0.717, 1.165) is 41.6 Å². The highest BCUT2D eigenvalue weighted by Crippen LogP contribution is 2.29. The molecule has 0 spiro atoms. The van der Waals surface area contributed by atoms with Crippen LogP contribution in [-0.2, 0) is 0 Å². The van der Waals surface area contributed by atoms with E-state index in [1.807, 2.05) is 30.3 Å². The summed E-state index contributed by atoms with van der Waals surface area (Å²) in [6, 6.07) is 20.5. The number of ether oxygens (including phenoxy) is 1. The highest BCUT2D eigenvalue weighted by Gasteiger charge is 2.14. The van der Waals surface area contributed by atoms with Crippen molar-refractivity contribution in [1.29, 1.82) is 0 Å². The normalized spacial score (nSPS) is 11.4. The van der Waals surface area contributed by atoms with Crippen LogP contribution >= 0.6 is 0 Å². The number of pyridine rings is 1. The van der Waals surface area contributed by atoms with E-state index in [1.165, 1.54) is 12.1 Å². The maximum absolute atomic E-state index is 13.3. The third-order valence-corrected chi connectivity index (χ3v) is 5.10. The Morgan fingerprint density at radius 3 is 2.31 bits per heavy atom. The van der Waals surface area contributed by atoms with Crippen molar-refractivity contribution < 1.29 is 9.13 Å². The van der Waals surface area contributed by atoms with Gasteiger partial charge in [0.1, 0.15) is 5.82 Å². The van der Waals surface area contributed by atoms with Crippen molar-refractivity contribution in [3.8, 4) is 28.3 Å². The van der Waals surface area contributed by atoms with E-state index in [1.54, 1.807) is 12.1 Å². The van der Waals surface area contributed by atoms with E-state index in [2.05, 4.69) is 31.0 Å². The van der Waals surface area contributed by atoms with Gasteiger partial charge in [-0.05, 0) is 72.7 Å². The molecule has 0 radical (unpaired) electrons. The van der Waals surface area contributed by atoms with E-state index >= 15 is 0 Å². The molecule has 0 aliphatic rings. The van der Waals surface area contributed by atoms with E-state index in [-0.39, 0.29) is 11.2 Å². The molecule has 0 amide bonds. The topological polar surface area (TPSA) is 48.1 Å². The molecule has 0 saturated heterocycles. The molecule has 3 rings (SSSR count). The molecule has 0 atom stereocenters. The predicted molar refractivity (Wildman–Crippen MR) is 117 cm³/mol. The van der Waals surface area contributed by atoms with Crippen LogP contribution in [0.15, 0.2) is 66.7 Å².